The minimum absolute atomic E-state index is 0.0523. The Balaban J connectivity index is 1.36. The number of fused-ring (bicyclic) bond motifs is 1. The van der Waals surface area contributed by atoms with Gasteiger partial charge in [-0.1, -0.05) is 32.8 Å². The van der Waals surface area contributed by atoms with Crippen molar-refractivity contribution in [3.8, 4) is 0 Å². The van der Waals surface area contributed by atoms with Gasteiger partial charge in [0.2, 0.25) is 10.0 Å². The van der Waals surface area contributed by atoms with Gasteiger partial charge in [0.25, 0.3) is 0 Å². The highest BCUT2D eigenvalue weighted by atomic mass is 32.2. The quantitative estimate of drug-likeness (QED) is 0.575. The van der Waals surface area contributed by atoms with Crippen LogP contribution in [-0.4, -0.2) is 25.7 Å². The number of hydrazone groups is 1. The van der Waals surface area contributed by atoms with Crippen molar-refractivity contribution < 1.29 is 8.42 Å². The molecule has 2 bridgehead atoms. The number of pyridine rings is 1. The molecule has 1 aromatic heterocycles. The number of hydrogen-bond donors (Lipinski definition) is 2. The number of sulfonamides is 1. The summed E-state index contributed by atoms with van der Waals surface area (Å²) < 4.78 is 27.6. The second-order valence-electron chi connectivity index (χ2n) is 8.60. The van der Waals surface area contributed by atoms with Gasteiger partial charge in [0.15, 0.2) is 0 Å². The fraction of sp³-hybridized carbons (Fsp3) is 0.600. The van der Waals surface area contributed by atoms with Crippen molar-refractivity contribution in [3.63, 3.8) is 0 Å². The first kappa shape index (κ1) is 18.6. The molecule has 1 heterocycles. The van der Waals surface area contributed by atoms with E-state index in [0.29, 0.717) is 17.2 Å². The molecule has 2 saturated carbocycles. The average molecular weight is 389 g/mol. The largest absolute Gasteiger partial charge is 0.261 e. The van der Waals surface area contributed by atoms with E-state index in [1.165, 1.54) is 18.2 Å². The summed E-state index contributed by atoms with van der Waals surface area (Å²) in [4.78, 5) is 4.39. The van der Waals surface area contributed by atoms with Crippen LogP contribution < -0.4 is 10.1 Å². The highest BCUT2D eigenvalue weighted by Crippen LogP contribution is 2.58. The third-order valence-electron chi connectivity index (χ3n) is 6.63. The van der Waals surface area contributed by atoms with Crippen molar-refractivity contribution in [2.45, 2.75) is 63.3 Å². The van der Waals surface area contributed by atoms with Crippen LogP contribution in [0.3, 0.4) is 0 Å². The first-order valence-electron chi connectivity index (χ1n) is 9.84. The van der Waals surface area contributed by atoms with E-state index >= 15 is 0 Å². The van der Waals surface area contributed by atoms with Gasteiger partial charge in [-0.15, -0.1) is 0 Å². The molecule has 6 nitrogen and oxygen atoms in total. The Bertz CT molecular complexity index is 852. The summed E-state index contributed by atoms with van der Waals surface area (Å²) in [5.41, 5.74) is 4.57. The monoisotopic (exact) mass is 388 g/mol. The molecule has 0 radical (unpaired) electrons. The maximum Gasteiger partial charge on any atom is 0.242 e. The van der Waals surface area contributed by atoms with Crippen molar-refractivity contribution in [2.75, 3.05) is 5.43 Å². The van der Waals surface area contributed by atoms with Crippen molar-refractivity contribution in [1.29, 1.82) is 0 Å². The van der Waals surface area contributed by atoms with Crippen molar-refractivity contribution in [1.82, 2.24) is 9.71 Å². The minimum Gasteiger partial charge on any atom is -0.261 e. The Morgan fingerprint density at radius 1 is 1.26 bits per heavy atom. The van der Waals surface area contributed by atoms with Gasteiger partial charge in [0, 0.05) is 12.2 Å². The summed E-state index contributed by atoms with van der Waals surface area (Å²) in [5.74, 6) is 1.93. The van der Waals surface area contributed by atoms with E-state index in [1.807, 2.05) is 6.21 Å². The summed E-state index contributed by atoms with van der Waals surface area (Å²) >= 11 is 0. The van der Waals surface area contributed by atoms with E-state index in [0.717, 1.165) is 38.0 Å². The summed E-state index contributed by atoms with van der Waals surface area (Å²) in [6.45, 7) is 4.67. The van der Waals surface area contributed by atoms with Gasteiger partial charge in [-0.2, -0.15) is 5.10 Å². The maximum atomic E-state index is 12.4. The lowest BCUT2D eigenvalue weighted by Crippen LogP contribution is -2.48. The molecule has 4 aliphatic rings. The van der Waals surface area contributed by atoms with Crippen LogP contribution in [0.4, 0.5) is 5.82 Å². The van der Waals surface area contributed by atoms with Crippen LogP contribution in [0.15, 0.2) is 40.0 Å². The predicted octanol–water partition coefficient (Wildman–Crippen LogP) is 3.69. The third kappa shape index (κ3) is 3.67. The zero-order valence-corrected chi connectivity index (χ0v) is 16.8. The molecule has 2 N–H and O–H groups in total. The molecule has 0 unspecified atom stereocenters. The van der Waals surface area contributed by atoms with E-state index in [-0.39, 0.29) is 10.9 Å². The fourth-order valence-electron chi connectivity index (χ4n) is 4.65. The van der Waals surface area contributed by atoms with E-state index < -0.39 is 10.0 Å². The topological polar surface area (TPSA) is 83.5 Å². The van der Waals surface area contributed by atoms with Gasteiger partial charge in [0.1, 0.15) is 10.7 Å². The molecule has 4 aliphatic carbocycles. The first-order valence-corrected chi connectivity index (χ1v) is 11.3. The Morgan fingerprint density at radius 2 is 2.04 bits per heavy atom. The molecule has 0 spiro atoms. The Morgan fingerprint density at radius 3 is 2.67 bits per heavy atom. The third-order valence-corrected chi connectivity index (χ3v) is 8.13. The van der Waals surface area contributed by atoms with Crippen LogP contribution in [0.5, 0.6) is 0 Å². The molecular formula is C20H28N4O2S. The van der Waals surface area contributed by atoms with Crippen LogP contribution in [0, 0.1) is 17.3 Å². The molecule has 0 aromatic carbocycles. The fourth-order valence-corrected chi connectivity index (χ4v) is 5.90. The zero-order chi connectivity index (χ0) is 19.1. The molecule has 1 aromatic rings. The standard InChI is InChI=1S/C20H28N4O2S/c1-20(2)15-8-7-14(18(20)11-15)12-22-23-19-10-9-17(13-21-19)27(25,26)24-16-5-3-4-6-16/h7,9-10,12-13,15-16,18,24H,3-6,8,11H2,1-2H3,(H,21,23)/t15-,18+/m0/s1. The van der Waals surface area contributed by atoms with E-state index in [2.05, 4.69) is 40.2 Å². The Labute approximate surface area is 161 Å². The van der Waals surface area contributed by atoms with Crippen LogP contribution >= 0.6 is 0 Å². The lowest BCUT2D eigenvalue weighted by molar-refractivity contribution is -0.00124. The van der Waals surface area contributed by atoms with Gasteiger partial charge in [-0.25, -0.2) is 18.1 Å². The van der Waals surface area contributed by atoms with E-state index in [4.69, 9.17) is 0 Å². The van der Waals surface area contributed by atoms with Gasteiger partial charge >= 0.3 is 0 Å². The summed E-state index contributed by atoms with van der Waals surface area (Å²) in [7, 11) is -3.50. The van der Waals surface area contributed by atoms with Gasteiger partial charge < -0.3 is 0 Å². The molecule has 0 saturated heterocycles. The molecule has 27 heavy (non-hydrogen) atoms. The molecule has 5 rings (SSSR count). The van der Waals surface area contributed by atoms with Gasteiger partial charge in [-0.3, -0.25) is 5.43 Å². The lowest BCUT2D eigenvalue weighted by atomic mass is 9.49. The molecule has 0 amide bonds. The summed E-state index contributed by atoms with van der Waals surface area (Å²) in [6.07, 6.45) is 11.9. The number of nitrogens with one attached hydrogen (secondary N) is 2. The van der Waals surface area contributed by atoms with E-state index in [1.54, 1.807) is 12.1 Å². The summed E-state index contributed by atoms with van der Waals surface area (Å²) in [6, 6.07) is 3.28. The van der Waals surface area contributed by atoms with E-state index in [9.17, 15) is 8.42 Å². The van der Waals surface area contributed by atoms with Crippen LogP contribution in [0.2, 0.25) is 0 Å². The van der Waals surface area contributed by atoms with Crippen LogP contribution in [0.25, 0.3) is 0 Å². The second-order valence-corrected chi connectivity index (χ2v) is 10.3. The maximum absolute atomic E-state index is 12.4. The first-order chi connectivity index (χ1) is 12.9. The number of rotatable bonds is 6. The number of anilines is 1. The number of allylic oxidation sites excluding steroid dienone is 2. The predicted molar refractivity (Wildman–Crippen MR) is 107 cm³/mol. The molecule has 2 atom stereocenters. The molecular weight excluding hydrogens is 360 g/mol. The SMILES string of the molecule is CC1(C)[C@H]2CC=C(C=NNc3ccc(S(=O)(=O)NC4CCCC4)cn3)[C@H]1C2. The smallest absolute Gasteiger partial charge is 0.242 e. The minimum atomic E-state index is -3.50. The lowest BCUT2D eigenvalue weighted by Gasteiger charge is -2.55. The number of nitrogens with zero attached hydrogens (tertiary/aromatic N) is 2. The van der Waals surface area contributed by atoms with Crippen molar-refractivity contribution in [2.24, 2.45) is 22.4 Å². The number of aromatic nitrogens is 1. The van der Waals surface area contributed by atoms with Gasteiger partial charge in [-0.05, 0) is 60.6 Å². The summed E-state index contributed by atoms with van der Waals surface area (Å²) in [5, 5.41) is 4.31. The normalized spacial score (nSPS) is 27.4. The average Bonchev–Trinajstić information content (AvgIpc) is 3.14. The number of hydrogen-bond acceptors (Lipinski definition) is 5. The van der Waals surface area contributed by atoms with Crippen molar-refractivity contribution in [3.05, 3.63) is 30.0 Å². The Hall–Kier alpha value is -1.73. The van der Waals surface area contributed by atoms with Crippen LogP contribution in [-0.2, 0) is 10.0 Å². The highest BCUT2D eigenvalue weighted by molar-refractivity contribution is 7.89. The van der Waals surface area contributed by atoms with Crippen molar-refractivity contribution >= 4 is 22.1 Å². The van der Waals surface area contributed by atoms with Gasteiger partial charge in [0.05, 0.1) is 6.21 Å². The molecule has 2 fully saturated rings. The van der Waals surface area contributed by atoms with Crippen LogP contribution in [0.1, 0.15) is 52.4 Å². The highest BCUT2D eigenvalue weighted by Gasteiger charge is 2.50. The second kappa shape index (κ2) is 7.02. The molecule has 0 aliphatic heterocycles. The molecule has 146 valence electrons. The zero-order valence-electron chi connectivity index (χ0n) is 16.0. The molecule has 7 heteroatoms. The Kier molecular flexibility index (Phi) is 4.84.